The van der Waals surface area contributed by atoms with Gasteiger partial charge in [-0.3, -0.25) is 4.98 Å². The summed E-state index contributed by atoms with van der Waals surface area (Å²) in [4.78, 5) is 4.99. The van der Waals surface area contributed by atoms with E-state index in [1.807, 2.05) is 12.1 Å². The number of pyridine rings is 1. The van der Waals surface area contributed by atoms with Crippen LogP contribution in [0.2, 0.25) is 0 Å². The number of aromatic nitrogens is 1. The number of benzene rings is 2. The fourth-order valence-electron chi connectivity index (χ4n) is 3.51. The first-order valence-corrected chi connectivity index (χ1v) is 8.58. The smallest absolute Gasteiger partial charge is 0.119 e. The van der Waals surface area contributed by atoms with Crippen LogP contribution in [0.4, 0.5) is 0 Å². The van der Waals surface area contributed by atoms with Crippen LogP contribution < -0.4 is 4.74 Å². The Bertz CT molecular complexity index is 855. The van der Waals surface area contributed by atoms with Crippen LogP contribution in [0.1, 0.15) is 24.1 Å². The van der Waals surface area contributed by atoms with Gasteiger partial charge in [0.1, 0.15) is 5.75 Å². The van der Waals surface area contributed by atoms with E-state index in [4.69, 9.17) is 9.72 Å². The van der Waals surface area contributed by atoms with Crippen LogP contribution in [0.5, 0.6) is 5.75 Å². The summed E-state index contributed by atoms with van der Waals surface area (Å²) in [5, 5.41) is 0. The lowest BCUT2D eigenvalue weighted by atomic mass is 9.88. The van der Waals surface area contributed by atoms with Crippen molar-refractivity contribution in [3.05, 3.63) is 71.9 Å². The van der Waals surface area contributed by atoms with Gasteiger partial charge in [0.15, 0.2) is 0 Å². The third-order valence-electron chi connectivity index (χ3n) is 4.75. The third kappa shape index (κ3) is 2.80. The van der Waals surface area contributed by atoms with Gasteiger partial charge in [0, 0.05) is 11.3 Å². The van der Waals surface area contributed by atoms with Crippen LogP contribution in [0.15, 0.2) is 60.7 Å². The molecule has 1 aliphatic rings. The Labute approximate surface area is 143 Å². The van der Waals surface area contributed by atoms with Crippen molar-refractivity contribution >= 4 is 0 Å². The molecule has 1 aliphatic carbocycles. The first-order chi connectivity index (χ1) is 11.8. The maximum atomic E-state index is 5.38. The van der Waals surface area contributed by atoms with Gasteiger partial charge in [-0.25, -0.2) is 0 Å². The zero-order chi connectivity index (χ0) is 16.4. The van der Waals surface area contributed by atoms with Crippen LogP contribution >= 0.6 is 0 Å². The van der Waals surface area contributed by atoms with Crippen molar-refractivity contribution in [2.24, 2.45) is 0 Å². The van der Waals surface area contributed by atoms with Crippen molar-refractivity contribution in [1.29, 1.82) is 0 Å². The van der Waals surface area contributed by atoms with Crippen molar-refractivity contribution in [3.63, 3.8) is 0 Å². The molecule has 0 N–H and O–H groups in total. The molecule has 1 heterocycles. The minimum absolute atomic E-state index is 0.869. The lowest BCUT2D eigenvalue weighted by Crippen LogP contribution is -2.08. The zero-order valence-corrected chi connectivity index (χ0v) is 14.0. The summed E-state index contributed by atoms with van der Waals surface area (Å²) in [6.45, 7) is 0. The number of hydrogen-bond acceptors (Lipinski definition) is 2. The van der Waals surface area contributed by atoms with Crippen LogP contribution in [0.3, 0.4) is 0 Å². The van der Waals surface area contributed by atoms with Gasteiger partial charge in [0.2, 0.25) is 0 Å². The molecule has 0 amide bonds. The minimum atomic E-state index is 0.869. The molecular formula is C22H21NO. The topological polar surface area (TPSA) is 22.1 Å². The lowest BCUT2D eigenvalue weighted by Gasteiger charge is -2.20. The van der Waals surface area contributed by atoms with Crippen molar-refractivity contribution in [2.75, 3.05) is 7.11 Å². The molecule has 0 saturated carbocycles. The van der Waals surface area contributed by atoms with Crippen LogP contribution in [0, 0.1) is 0 Å². The lowest BCUT2D eigenvalue weighted by molar-refractivity contribution is 0.415. The maximum absolute atomic E-state index is 5.38. The molecule has 0 bridgehead atoms. The van der Waals surface area contributed by atoms with E-state index in [2.05, 4.69) is 48.5 Å². The number of rotatable bonds is 3. The molecule has 2 aromatic carbocycles. The van der Waals surface area contributed by atoms with Gasteiger partial charge in [0.05, 0.1) is 12.8 Å². The van der Waals surface area contributed by atoms with E-state index >= 15 is 0 Å². The molecule has 1 aromatic heterocycles. The van der Waals surface area contributed by atoms with Crippen molar-refractivity contribution in [2.45, 2.75) is 25.7 Å². The number of hydrogen-bond donors (Lipinski definition) is 0. The van der Waals surface area contributed by atoms with Gasteiger partial charge in [-0.05, 0) is 60.6 Å². The number of aryl methyl sites for hydroxylation is 1. The van der Waals surface area contributed by atoms with E-state index < -0.39 is 0 Å². The predicted octanol–water partition coefficient (Wildman–Crippen LogP) is 5.30. The second-order valence-electron chi connectivity index (χ2n) is 6.29. The molecule has 2 nitrogen and oxygen atoms in total. The summed E-state index contributed by atoms with van der Waals surface area (Å²) >= 11 is 0. The van der Waals surface area contributed by atoms with E-state index in [9.17, 15) is 0 Å². The summed E-state index contributed by atoms with van der Waals surface area (Å²) < 4.78 is 5.38. The average Bonchev–Trinajstić information content (AvgIpc) is 2.68. The Morgan fingerprint density at radius 3 is 2.46 bits per heavy atom. The van der Waals surface area contributed by atoms with Crippen molar-refractivity contribution in [3.8, 4) is 28.1 Å². The summed E-state index contributed by atoms with van der Waals surface area (Å²) in [5.74, 6) is 0.869. The highest BCUT2D eigenvalue weighted by Gasteiger charge is 2.18. The van der Waals surface area contributed by atoms with Gasteiger partial charge >= 0.3 is 0 Å². The molecule has 0 unspecified atom stereocenters. The number of nitrogens with zero attached hydrogens (tertiary/aromatic N) is 1. The zero-order valence-electron chi connectivity index (χ0n) is 14.0. The monoisotopic (exact) mass is 315 g/mol. The quantitative estimate of drug-likeness (QED) is 0.654. The highest BCUT2D eigenvalue weighted by molar-refractivity contribution is 5.75. The van der Waals surface area contributed by atoms with Crippen LogP contribution in [-0.2, 0) is 12.8 Å². The molecule has 3 aromatic rings. The van der Waals surface area contributed by atoms with E-state index in [0.717, 1.165) is 29.8 Å². The van der Waals surface area contributed by atoms with E-state index in [1.54, 1.807) is 7.11 Å². The summed E-state index contributed by atoms with van der Waals surface area (Å²) in [6.07, 6.45) is 4.70. The molecule has 2 heteroatoms. The van der Waals surface area contributed by atoms with E-state index in [1.165, 1.54) is 35.2 Å². The van der Waals surface area contributed by atoms with Gasteiger partial charge in [-0.1, -0.05) is 42.5 Å². The van der Waals surface area contributed by atoms with Crippen molar-refractivity contribution in [1.82, 2.24) is 4.98 Å². The average molecular weight is 315 g/mol. The van der Waals surface area contributed by atoms with Gasteiger partial charge in [-0.15, -0.1) is 0 Å². The Morgan fingerprint density at radius 1 is 0.833 bits per heavy atom. The number of fused-ring (bicyclic) bond motifs is 1. The second kappa shape index (κ2) is 6.48. The van der Waals surface area contributed by atoms with E-state index in [0.29, 0.717) is 0 Å². The fourth-order valence-corrected chi connectivity index (χ4v) is 3.51. The Kier molecular flexibility index (Phi) is 4.04. The first kappa shape index (κ1) is 14.9. The SMILES string of the molecule is COc1cccc(-c2cc(-c3ccccc3)c3c(n2)CCCC3)c1. The number of ether oxygens (including phenoxy) is 1. The van der Waals surface area contributed by atoms with E-state index in [-0.39, 0.29) is 0 Å². The Hall–Kier alpha value is -2.61. The molecule has 120 valence electrons. The van der Waals surface area contributed by atoms with Gasteiger partial charge in [-0.2, -0.15) is 0 Å². The fraction of sp³-hybridized carbons (Fsp3) is 0.227. The summed E-state index contributed by atoms with van der Waals surface area (Å²) in [6, 6.07) is 21.1. The molecule has 0 fully saturated rings. The minimum Gasteiger partial charge on any atom is -0.497 e. The molecule has 0 aliphatic heterocycles. The number of methoxy groups -OCH3 is 1. The molecule has 24 heavy (non-hydrogen) atoms. The van der Waals surface area contributed by atoms with Crippen molar-refractivity contribution < 1.29 is 4.74 Å². The highest BCUT2D eigenvalue weighted by Crippen LogP contribution is 2.34. The molecule has 0 spiro atoms. The molecule has 0 saturated heterocycles. The van der Waals surface area contributed by atoms with Gasteiger partial charge in [0.25, 0.3) is 0 Å². The summed E-state index contributed by atoms with van der Waals surface area (Å²) in [7, 11) is 1.70. The molecular weight excluding hydrogens is 294 g/mol. The van der Waals surface area contributed by atoms with Crippen LogP contribution in [0.25, 0.3) is 22.4 Å². The predicted molar refractivity (Wildman–Crippen MR) is 98.3 cm³/mol. The Balaban J connectivity index is 1.90. The second-order valence-corrected chi connectivity index (χ2v) is 6.29. The van der Waals surface area contributed by atoms with Gasteiger partial charge < -0.3 is 4.74 Å². The standard InChI is InChI=1S/C22H21NO/c1-24-18-11-7-10-17(14-18)22-15-20(16-8-3-2-4-9-16)19-12-5-6-13-21(19)23-22/h2-4,7-11,14-15H,5-6,12-13H2,1H3. The largest absolute Gasteiger partial charge is 0.497 e. The highest BCUT2D eigenvalue weighted by atomic mass is 16.5. The Morgan fingerprint density at radius 2 is 1.62 bits per heavy atom. The van der Waals surface area contributed by atoms with Crippen LogP contribution in [-0.4, -0.2) is 12.1 Å². The molecule has 0 radical (unpaired) electrons. The first-order valence-electron chi connectivity index (χ1n) is 8.58. The summed E-state index contributed by atoms with van der Waals surface area (Å²) in [5.41, 5.74) is 7.45. The third-order valence-corrected chi connectivity index (χ3v) is 4.75. The normalized spacial score (nSPS) is 13.4. The molecule has 0 atom stereocenters. The maximum Gasteiger partial charge on any atom is 0.119 e. The molecule has 4 rings (SSSR count).